The lowest BCUT2D eigenvalue weighted by molar-refractivity contribution is -0.148. The highest BCUT2D eigenvalue weighted by Gasteiger charge is 2.39. The third-order valence-electron chi connectivity index (χ3n) is 6.22. The second-order valence-corrected chi connectivity index (χ2v) is 8.43. The second kappa shape index (κ2) is 10.5. The number of fused-ring (bicyclic) bond motifs is 3. The van der Waals surface area contributed by atoms with Gasteiger partial charge in [0.1, 0.15) is 12.7 Å². The monoisotopic (exact) mass is 490 g/mol. The van der Waals surface area contributed by atoms with Crippen LogP contribution in [-0.4, -0.2) is 63.2 Å². The normalized spacial score (nSPS) is 20.9. The minimum absolute atomic E-state index is 0.0858. The van der Waals surface area contributed by atoms with E-state index in [9.17, 15) is 13.6 Å². The molecule has 1 aliphatic heterocycles. The van der Waals surface area contributed by atoms with Gasteiger partial charge in [0, 0.05) is 36.1 Å². The van der Waals surface area contributed by atoms with Gasteiger partial charge in [-0.05, 0) is 37.0 Å². The highest BCUT2D eigenvalue weighted by molar-refractivity contribution is 6.15. The zero-order valence-corrected chi connectivity index (χ0v) is 20.0. The predicted octanol–water partition coefficient (Wildman–Crippen LogP) is 4.17. The van der Waals surface area contributed by atoms with Gasteiger partial charge in [0.2, 0.25) is 11.8 Å². The maximum atomic E-state index is 12.9. The van der Waals surface area contributed by atoms with Crippen LogP contribution in [0.4, 0.5) is 8.78 Å². The highest BCUT2D eigenvalue weighted by Crippen LogP contribution is 2.45. The molecule has 2 aliphatic rings. The first kappa shape index (κ1) is 24.7. The minimum Gasteiger partial charge on any atom is -0.493 e. The molecule has 0 radical (unpaired) electrons. The molecule has 0 amide bonds. The fourth-order valence-electron chi connectivity index (χ4n) is 4.75. The first-order chi connectivity index (χ1) is 16.8. The number of nitrogens with zero attached hydrogens (tertiary/aromatic N) is 2. The van der Waals surface area contributed by atoms with Crippen molar-refractivity contribution in [1.29, 1.82) is 0 Å². The van der Waals surface area contributed by atoms with Crippen LogP contribution in [0.5, 0.6) is 23.3 Å². The molecule has 1 aliphatic carbocycles. The largest absolute Gasteiger partial charge is 0.493 e. The Labute approximate surface area is 202 Å². The smallest absolute Gasteiger partial charge is 0.302 e. The molecule has 0 bridgehead atoms. The zero-order valence-electron chi connectivity index (χ0n) is 20.0. The Bertz CT molecular complexity index is 1100. The summed E-state index contributed by atoms with van der Waals surface area (Å²) >= 11 is 0. The van der Waals surface area contributed by atoms with Gasteiger partial charge in [-0.25, -0.2) is 8.78 Å². The number of carbonyl (C=O) groups excluding carboxylic acids is 1. The summed E-state index contributed by atoms with van der Waals surface area (Å²) < 4.78 is 52.8. The second-order valence-electron chi connectivity index (χ2n) is 8.43. The van der Waals surface area contributed by atoms with Crippen molar-refractivity contribution in [3.63, 3.8) is 0 Å². The quantitative estimate of drug-likeness (QED) is 0.513. The number of aliphatic imine (C=N–C) groups is 1. The molecule has 2 aromatic rings. The van der Waals surface area contributed by atoms with E-state index >= 15 is 0 Å². The molecule has 0 N–H and O–H groups in total. The molecular formula is C25H28F2N2O6. The molecule has 0 spiro atoms. The first-order valence-electron chi connectivity index (χ1n) is 11.3. The van der Waals surface area contributed by atoms with E-state index in [1.54, 1.807) is 24.3 Å². The number of halogens is 2. The number of esters is 1. The third kappa shape index (κ3) is 5.31. The number of rotatable bonds is 8. The van der Waals surface area contributed by atoms with Crippen LogP contribution in [0.3, 0.4) is 0 Å². The van der Waals surface area contributed by atoms with Gasteiger partial charge in [0.15, 0.2) is 11.5 Å². The highest BCUT2D eigenvalue weighted by atomic mass is 19.3. The summed E-state index contributed by atoms with van der Waals surface area (Å²) in [5.74, 6) is 0.862. The molecule has 188 valence electrons. The molecule has 35 heavy (non-hydrogen) atoms. The van der Waals surface area contributed by atoms with Crippen LogP contribution in [0.25, 0.3) is 0 Å². The molecule has 0 saturated heterocycles. The predicted molar refractivity (Wildman–Crippen MR) is 123 cm³/mol. The van der Waals surface area contributed by atoms with Crippen molar-refractivity contribution in [1.82, 2.24) is 4.98 Å². The Kier molecular flexibility index (Phi) is 7.37. The van der Waals surface area contributed by atoms with Crippen molar-refractivity contribution in [3.8, 4) is 23.3 Å². The molecule has 1 aromatic heterocycles. The third-order valence-corrected chi connectivity index (χ3v) is 6.22. The van der Waals surface area contributed by atoms with E-state index in [2.05, 4.69) is 4.98 Å². The lowest BCUT2D eigenvalue weighted by atomic mass is 9.74. The van der Waals surface area contributed by atoms with Crippen molar-refractivity contribution in [2.45, 2.75) is 50.7 Å². The van der Waals surface area contributed by atoms with Gasteiger partial charge in [-0.3, -0.25) is 9.79 Å². The average Bonchev–Trinajstić information content (AvgIpc) is 2.85. The fourth-order valence-corrected chi connectivity index (χ4v) is 4.75. The van der Waals surface area contributed by atoms with Crippen molar-refractivity contribution >= 4 is 11.7 Å². The summed E-state index contributed by atoms with van der Waals surface area (Å²) in [6, 6.07) is 6.94. The molecule has 4 rings (SSSR count). The van der Waals surface area contributed by atoms with Crippen LogP contribution in [0, 0.1) is 0 Å². The van der Waals surface area contributed by atoms with Gasteiger partial charge >= 0.3 is 5.97 Å². The van der Waals surface area contributed by atoms with E-state index in [1.807, 2.05) is 0 Å². The van der Waals surface area contributed by atoms with Crippen LogP contribution in [0.15, 0.2) is 29.3 Å². The van der Waals surface area contributed by atoms with Crippen LogP contribution in [0.2, 0.25) is 0 Å². The molecule has 3 atom stereocenters. The number of alkyl halides is 2. The molecule has 1 saturated carbocycles. The number of aromatic nitrogens is 1. The Balaban J connectivity index is 1.84. The number of pyridine rings is 1. The average molecular weight is 491 g/mol. The number of benzene rings is 1. The van der Waals surface area contributed by atoms with Gasteiger partial charge in [-0.15, -0.1) is 0 Å². The molecule has 8 nitrogen and oxygen atoms in total. The van der Waals surface area contributed by atoms with Gasteiger partial charge in [-0.2, -0.15) is 4.98 Å². The van der Waals surface area contributed by atoms with Gasteiger partial charge < -0.3 is 23.7 Å². The Hall–Kier alpha value is -3.43. The molecule has 2 heterocycles. The van der Waals surface area contributed by atoms with E-state index in [0.29, 0.717) is 42.5 Å². The lowest BCUT2D eigenvalue weighted by Gasteiger charge is -2.38. The van der Waals surface area contributed by atoms with E-state index in [1.165, 1.54) is 28.3 Å². The van der Waals surface area contributed by atoms with E-state index in [-0.39, 0.29) is 29.8 Å². The molecule has 10 heteroatoms. The zero-order chi connectivity index (χ0) is 25.1. The molecular weight excluding hydrogens is 462 g/mol. The van der Waals surface area contributed by atoms with E-state index in [0.717, 1.165) is 16.7 Å². The van der Waals surface area contributed by atoms with Crippen molar-refractivity contribution in [3.05, 3.63) is 41.0 Å². The van der Waals surface area contributed by atoms with Gasteiger partial charge in [0.25, 0.3) is 6.43 Å². The van der Waals surface area contributed by atoms with Crippen LogP contribution in [0.1, 0.15) is 48.8 Å². The number of carbonyl (C=O) groups is 1. The maximum absolute atomic E-state index is 12.9. The van der Waals surface area contributed by atoms with Crippen molar-refractivity contribution in [2.75, 3.05) is 27.9 Å². The minimum atomic E-state index is -2.62. The summed E-state index contributed by atoms with van der Waals surface area (Å²) in [5.41, 5.74) is 3.06. The fraction of sp³-hybridized carbons (Fsp3) is 0.480. The molecule has 3 unspecified atom stereocenters. The van der Waals surface area contributed by atoms with Gasteiger partial charge in [-0.1, -0.05) is 0 Å². The molecule has 1 fully saturated rings. The lowest BCUT2D eigenvalue weighted by Crippen LogP contribution is -2.36. The Morgan fingerprint density at radius 1 is 1.03 bits per heavy atom. The standard InChI is InChI=1S/C25H28F2N2O6/c1-13(30)35-15-5-6-19-17(9-15)16-10-21(34-12-22(26)27)20(31-2)11-18(16)25(28-19)14-7-23(32-3)29-24(8-14)33-4/h7-8,10-11,15,17,19,22H,5-6,9,12H2,1-4H3. The Morgan fingerprint density at radius 2 is 1.74 bits per heavy atom. The van der Waals surface area contributed by atoms with Crippen molar-refractivity contribution in [2.24, 2.45) is 4.99 Å². The van der Waals surface area contributed by atoms with Crippen molar-refractivity contribution < 1.29 is 37.3 Å². The van der Waals surface area contributed by atoms with E-state index in [4.69, 9.17) is 28.7 Å². The Morgan fingerprint density at radius 3 is 2.34 bits per heavy atom. The first-order valence-corrected chi connectivity index (χ1v) is 11.3. The summed E-state index contributed by atoms with van der Waals surface area (Å²) in [4.78, 5) is 20.9. The van der Waals surface area contributed by atoms with Crippen LogP contribution >= 0.6 is 0 Å². The summed E-state index contributed by atoms with van der Waals surface area (Å²) in [6.45, 7) is 0.640. The number of hydrogen-bond acceptors (Lipinski definition) is 8. The van der Waals surface area contributed by atoms with Gasteiger partial charge in [0.05, 0.1) is 33.1 Å². The number of hydrogen-bond donors (Lipinski definition) is 0. The summed E-state index contributed by atoms with van der Waals surface area (Å²) in [5, 5.41) is 0. The summed E-state index contributed by atoms with van der Waals surface area (Å²) in [6.07, 6.45) is -0.921. The maximum Gasteiger partial charge on any atom is 0.302 e. The van der Waals surface area contributed by atoms with Crippen LogP contribution < -0.4 is 18.9 Å². The SMILES string of the molecule is COc1cc(C2=NC3CCC(OC(C)=O)CC3c3cc(OCC(F)F)c(OC)cc32)cc(OC)n1. The number of methoxy groups -OCH3 is 3. The summed E-state index contributed by atoms with van der Waals surface area (Å²) in [7, 11) is 4.49. The number of ether oxygens (including phenoxy) is 5. The van der Waals surface area contributed by atoms with E-state index < -0.39 is 13.0 Å². The van der Waals surface area contributed by atoms with Crippen LogP contribution in [-0.2, 0) is 9.53 Å². The molecule has 1 aromatic carbocycles. The topological polar surface area (TPSA) is 88.5 Å².